The van der Waals surface area contributed by atoms with Gasteiger partial charge in [-0.15, -0.1) is 11.3 Å². The average molecular weight is 268 g/mol. The number of hydrogen-bond acceptors (Lipinski definition) is 4. The Morgan fingerprint density at radius 1 is 1.56 bits per heavy atom. The smallest absolute Gasteiger partial charge is 0.263 e. The second kappa shape index (κ2) is 4.90. The number of nitrogen functional groups attached to an aromatic ring is 1. The minimum atomic E-state index is -0.692. The molecule has 1 heterocycles. The van der Waals surface area contributed by atoms with Gasteiger partial charge in [-0.25, -0.2) is 0 Å². The quantitative estimate of drug-likeness (QED) is 0.881. The Hall–Kier alpha value is -1.07. The monoisotopic (exact) mass is 268 g/mol. The zero-order valence-electron chi connectivity index (χ0n) is 10.9. The van der Waals surface area contributed by atoms with Crippen LogP contribution in [-0.4, -0.2) is 35.1 Å². The molecule has 0 aliphatic heterocycles. The Morgan fingerprint density at radius 2 is 2.17 bits per heavy atom. The lowest BCUT2D eigenvalue weighted by molar-refractivity contribution is 0.0158. The zero-order chi connectivity index (χ0) is 13.3. The van der Waals surface area contributed by atoms with Gasteiger partial charge in [0.15, 0.2) is 0 Å². The molecule has 0 radical (unpaired) electrons. The molecule has 1 amide bonds. The van der Waals surface area contributed by atoms with Crippen LogP contribution in [0.4, 0.5) is 5.69 Å². The first kappa shape index (κ1) is 13.4. The molecule has 1 saturated carbocycles. The van der Waals surface area contributed by atoms with E-state index in [1.165, 1.54) is 11.3 Å². The van der Waals surface area contributed by atoms with Gasteiger partial charge in [-0.2, -0.15) is 0 Å². The summed E-state index contributed by atoms with van der Waals surface area (Å²) in [6.07, 6.45) is 3.67. The summed E-state index contributed by atoms with van der Waals surface area (Å²) >= 11 is 1.41. The van der Waals surface area contributed by atoms with Crippen LogP contribution in [0.1, 0.15) is 40.2 Å². The van der Waals surface area contributed by atoms with Crippen LogP contribution >= 0.6 is 11.3 Å². The molecule has 1 aromatic heterocycles. The fourth-order valence-electron chi connectivity index (χ4n) is 2.49. The molecular weight excluding hydrogens is 248 g/mol. The number of rotatable bonds is 3. The van der Waals surface area contributed by atoms with Crippen molar-refractivity contribution in [2.75, 3.05) is 19.3 Å². The van der Waals surface area contributed by atoms with Gasteiger partial charge in [0.2, 0.25) is 0 Å². The molecular formula is C13H20N2O2S. The highest BCUT2D eigenvalue weighted by Gasteiger charge is 2.33. The van der Waals surface area contributed by atoms with Crippen LogP contribution in [0.25, 0.3) is 0 Å². The number of aliphatic hydroxyl groups is 1. The molecule has 5 heteroatoms. The van der Waals surface area contributed by atoms with Crippen LogP contribution in [-0.2, 0) is 0 Å². The third-order valence-corrected chi connectivity index (χ3v) is 4.63. The summed E-state index contributed by atoms with van der Waals surface area (Å²) in [6.45, 7) is 2.31. The minimum Gasteiger partial charge on any atom is -0.398 e. The van der Waals surface area contributed by atoms with Crippen molar-refractivity contribution in [3.63, 3.8) is 0 Å². The lowest BCUT2D eigenvalue weighted by Crippen LogP contribution is -2.41. The maximum atomic E-state index is 12.2. The van der Waals surface area contributed by atoms with E-state index >= 15 is 0 Å². The van der Waals surface area contributed by atoms with Gasteiger partial charge in [-0.1, -0.05) is 12.8 Å². The predicted molar refractivity (Wildman–Crippen MR) is 73.8 cm³/mol. The van der Waals surface area contributed by atoms with Gasteiger partial charge >= 0.3 is 0 Å². The summed E-state index contributed by atoms with van der Waals surface area (Å²) < 4.78 is 0. The van der Waals surface area contributed by atoms with Crippen LogP contribution in [0.2, 0.25) is 0 Å². The lowest BCUT2D eigenvalue weighted by atomic mass is 10.0. The molecule has 1 aliphatic carbocycles. The number of nitrogens with zero attached hydrogens (tertiary/aromatic N) is 1. The van der Waals surface area contributed by atoms with Crippen molar-refractivity contribution in [3.8, 4) is 0 Å². The van der Waals surface area contributed by atoms with E-state index in [0.29, 0.717) is 17.1 Å². The Kier molecular flexibility index (Phi) is 3.64. The summed E-state index contributed by atoms with van der Waals surface area (Å²) in [6, 6.07) is 1.72. The normalized spacial score (nSPS) is 17.9. The van der Waals surface area contributed by atoms with Crippen LogP contribution < -0.4 is 5.73 Å². The maximum absolute atomic E-state index is 12.2. The van der Waals surface area contributed by atoms with Gasteiger partial charge in [-0.3, -0.25) is 4.79 Å². The van der Waals surface area contributed by atoms with Crippen LogP contribution in [0.15, 0.2) is 6.07 Å². The lowest BCUT2D eigenvalue weighted by Gasteiger charge is -2.28. The predicted octanol–water partition coefficient (Wildman–Crippen LogP) is 2.02. The highest BCUT2D eigenvalue weighted by Crippen LogP contribution is 2.31. The van der Waals surface area contributed by atoms with Crippen molar-refractivity contribution >= 4 is 22.9 Å². The highest BCUT2D eigenvalue weighted by atomic mass is 32.1. The second-order valence-electron chi connectivity index (χ2n) is 5.21. The van der Waals surface area contributed by atoms with Gasteiger partial charge in [0.05, 0.1) is 10.5 Å². The number of hydrogen-bond donors (Lipinski definition) is 2. The van der Waals surface area contributed by atoms with Crippen LogP contribution in [0.3, 0.4) is 0 Å². The largest absolute Gasteiger partial charge is 0.398 e. The molecule has 2 rings (SSSR count). The Labute approximate surface area is 111 Å². The van der Waals surface area contributed by atoms with E-state index in [1.54, 1.807) is 18.0 Å². The van der Waals surface area contributed by atoms with Gasteiger partial charge < -0.3 is 15.7 Å². The first-order chi connectivity index (χ1) is 8.41. The molecule has 0 unspecified atom stereocenters. The fraction of sp³-hybridized carbons (Fsp3) is 0.615. The average Bonchev–Trinajstić information content (AvgIpc) is 2.86. The number of carbonyl (C=O) groups excluding carboxylic acids is 1. The summed E-state index contributed by atoms with van der Waals surface area (Å²) in [5.41, 5.74) is 5.73. The zero-order valence-corrected chi connectivity index (χ0v) is 11.7. The number of thiophene rings is 1. The first-order valence-electron chi connectivity index (χ1n) is 6.25. The van der Waals surface area contributed by atoms with Crippen LogP contribution in [0, 0.1) is 6.92 Å². The summed E-state index contributed by atoms with van der Waals surface area (Å²) in [5.74, 6) is -0.0554. The topological polar surface area (TPSA) is 66.6 Å². The van der Waals surface area contributed by atoms with Gasteiger partial charge in [0.25, 0.3) is 5.91 Å². The number of aryl methyl sites for hydroxylation is 1. The summed E-state index contributed by atoms with van der Waals surface area (Å²) in [5, 5.41) is 10.3. The standard InChI is InChI=1S/C13H20N2O2S/c1-9-10(14)7-11(18-9)12(16)15(2)8-13(17)5-3-4-6-13/h7,17H,3-6,8,14H2,1-2H3. The number of anilines is 1. The molecule has 1 aliphatic rings. The highest BCUT2D eigenvalue weighted by molar-refractivity contribution is 7.14. The van der Waals surface area contributed by atoms with Gasteiger partial charge in [-0.05, 0) is 25.8 Å². The molecule has 0 bridgehead atoms. The van der Waals surface area contributed by atoms with Crippen molar-refractivity contribution in [2.24, 2.45) is 0 Å². The number of amides is 1. The summed E-state index contributed by atoms with van der Waals surface area (Å²) in [7, 11) is 1.74. The van der Waals surface area contributed by atoms with Crippen molar-refractivity contribution in [3.05, 3.63) is 15.8 Å². The fourth-order valence-corrected chi connectivity index (χ4v) is 3.43. The van der Waals surface area contributed by atoms with E-state index in [4.69, 9.17) is 5.73 Å². The Bertz CT molecular complexity index is 430. The van der Waals surface area contributed by atoms with E-state index in [2.05, 4.69) is 0 Å². The van der Waals surface area contributed by atoms with Gasteiger partial charge in [0.1, 0.15) is 0 Å². The molecule has 0 spiro atoms. The van der Waals surface area contributed by atoms with E-state index in [-0.39, 0.29) is 5.91 Å². The molecule has 1 fully saturated rings. The van der Waals surface area contributed by atoms with E-state index in [1.807, 2.05) is 6.92 Å². The minimum absolute atomic E-state index is 0.0554. The first-order valence-corrected chi connectivity index (χ1v) is 7.07. The third-order valence-electron chi connectivity index (χ3n) is 3.58. The maximum Gasteiger partial charge on any atom is 0.263 e. The molecule has 4 nitrogen and oxygen atoms in total. The molecule has 18 heavy (non-hydrogen) atoms. The van der Waals surface area contributed by atoms with Crippen molar-refractivity contribution in [2.45, 2.75) is 38.2 Å². The molecule has 0 saturated heterocycles. The molecule has 1 aromatic rings. The SMILES string of the molecule is Cc1sc(C(=O)N(C)CC2(O)CCCC2)cc1N. The van der Waals surface area contributed by atoms with E-state index in [9.17, 15) is 9.90 Å². The van der Waals surface area contributed by atoms with Crippen LogP contribution in [0.5, 0.6) is 0 Å². The van der Waals surface area contributed by atoms with Gasteiger partial charge in [0, 0.05) is 24.2 Å². The number of carbonyl (C=O) groups is 1. The Balaban J connectivity index is 2.04. The van der Waals surface area contributed by atoms with E-state index < -0.39 is 5.60 Å². The molecule has 0 atom stereocenters. The summed E-state index contributed by atoms with van der Waals surface area (Å²) in [4.78, 5) is 15.4. The van der Waals surface area contributed by atoms with Crippen molar-refractivity contribution in [1.29, 1.82) is 0 Å². The number of nitrogens with two attached hydrogens (primary N) is 1. The third kappa shape index (κ3) is 2.67. The number of likely N-dealkylation sites (N-methyl/N-ethyl adjacent to an activating group) is 1. The molecule has 100 valence electrons. The second-order valence-corrected chi connectivity index (χ2v) is 6.47. The van der Waals surface area contributed by atoms with Crippen molar-refractivity contribution < 1.29 is 9.90 Å². The van der Waals surface area contributed by atoms with E-state index in [0.717, 1.165) is 30.6 Å². The molecule has 0 aromatic carbocycles. The molecule has 3 N–H and O–H groups in total. The van der Waals surface area contributed by atoms with Crippen molar-refractivity contribution in [1.82, 2.24) is 4.90 Å². The Morgan fingerprint density at radius 3 is 2.67 bits per heavy atom.